The van der Waals surface area contributed by atoms with Crippen molar-refractivity contribution in [1.82, 2.24) is 0 Å². The van der Waals surface area contributed by atoms with Crippen LogP contribution in [0.1, 0.15) is 146 Å². The summed E-state index contributed by atoms with van der Waals surface area (Å²) in [6.45, 7) is 2.45. The first-order chi connectivity index (χ1) is 23.7. The SMILES string of the molecule is C[C@]12CCC3c4ccc(O)cc4[C@H](F)[C@@H](CCCCCCCCCC(CCCC(F)(F)C(F)(F)C(F)(F)C(F)(F)F)C(=O)O)C3C1CCC21CC1. The van der Waals surface area contributed by atoms with E-state index >= 15 is 4.39 Å². The number of benzene rings is 1. The lowest BCUT2D eigenvalue weighted by atomic mass is 9.50. The van der Waals surface area contributed by atoms with Crippen LogP contribution in [0.3, 0.4) is 0 Å². The van der Waals surface area contributed by atoms with Gasteiger partial charge in [-0.3, -0.25) is 4.79 Å². The number of carbonyl (C=O) groups is 1. The number of fused-ring (bicyclic) bond motifs is 6. The molecule has 290 valence electrons. The third-order valence-corrected chi connectivity index (χ3v) is 13.6. The summed E-state index contributed by atoms with van der Waals surface area (Å²) in [5.74, 6) is -20.9. The van der Waals surface area contributed by atoms with Crippen LogP contribution in [0.2, 0.25) is 0 Å². The van der Waals surface area contributed by atoms with Gasteiger partial charge in [0.15, 0.2) is 0 Å². The average Bonchev–Trinajstić information content (AvgIpc) is 3.78. The Morgan fingerprint density at radius 3 is 2.02 bits per heavy atom. The van der Waals surface area contributed by atoms with Crippen molar-refractivity contribution in [2.24, 2.45) is 34.5 Å². The monoisotopic (exact) mass is 744 g/mol. The third-order valence-electron chi connectivity index (χ3n) is 13.6. The summed E-state index contributed by atoms with van der Waals surface area (Å²) in [6.07, 6.45) is 1.59. The van der Waals surface area contributed by atoms with Gasteiger partial charge < -0.3 is 10.2 Å². The zero-order valence-electron chi connectivity index (χ0n) is 29.0. The van der Waals surface area contributed by atoms with E-state index in [2.05, 4.69) is 6.92 Å². The summed E-state index contributed by atoms with van der Waals surface area (Å²) in [4.78, 5) is 11.6. The molecule has 1 aromatic rings. The molecule has 3 nitrogen and oxygen atoms in total. The molecule has 4 unspecified atom stereocenters. The molecule has 0 aromatic heterocycles. The van der Waals surface area contributed by atoms with Crippen LogP contribution < -0.4 is 0 Å². The van der Waals surface area contributed by atoms with Crippen molar-refractivity contribution in [3.63, 3.8) is 0 Å². The summed E-state index contributed by atoms with van der Waals surface area (Å²) in [5, 5.41) is 19.6. The molecular formula is C38H50F10O3. The first-order valence-electron chi connectivity index (χ1n) is 18.6. The van der Waals surface area contributed by atoms with Gasteiger partial charge in [0, 0.05) is 6.42 Å². The number of aromatic hydroxyl groups is 1. The van der Waals surface area contributed by atoms with E-state index in [1.165, 1.54) is 19.3 Å². The second kappa shape index (κ2) is 14.6. The molecule has 4 aliphatic rings. The summed E-state index contributed by atoms with van der Waals surface area (Å²) in [7, 11) is 0. The van der Waals surface area contributed by atoms with Crippen LogP contribution in [-0.2, 0) is 4.79 Å². The van der Waals surface area contributed by atoms with E-state index in [4.69, 9.17) is 0 Å². The molecule has 0 heterocycles. The first-order valence-corrected chi connectivity index (χ1v) is 18.6. The van der Waals surface area contributed by atoms with Crippen molar-refractivity contribution in [2.45, 2.75) is 159 Å². The molecule has 2 N–H and O–H groups in total. The zero-order valence-corrected chi connectivity index (χ0v) is 29.0. The van der Waals surface area contributed by atoms with E-state index in [9.17, 15) is 54.5 Å². The number of phenolic OH excluding ortho intramolecular Hbond substituents is 1. The van der Waals surface area contributed by atoms with Gasteiger partial charge in [-0.15, -0.1) is 0 Å². The minimum atomic E-state index is -6.95. The van der Waals surface area contributed by atoms with E-state index in [1.807, 2.05) is 6.07 Å². The minimum Gasteiger partial charge on any atom is -0.508 e. The van der Waals surface area contributed by atoms with Gasteiger partial charge >= 0.3 is 29.9 Å². The summed E-state index contributed by atoms with van der Waals surface area (Å²) < 4.78 is 134. The van der Waals surface area contributed by atoms with Gasteiger partial charge in [-0.2, -0.15) is 39.5 Å². The normalized spacial score (nSPS) is 29.4. The average molecular weight is 745 g/mol. The Labute approximate surface area is 292 Å². The predicted molar refractivity (Wildman–Crippen MR) is 171 cm³/mol. The van der Waals surface area contributed by atoms with Gasteiger partial charge in [0.05, 0.1) is 5.92 Å². The predicted octanol–water partition coefficient (Wildman–Crippen LogP) is 12.6. The number of carboxylic acid groups (broad SMARTS) is 1. The smallest absolute Gasteiger partial charge is 0.460 e. The number of halogens is 10. The van der Waals surface area contributed by atoms with E-state index in [0.29, 0.717) is 35.7 Å². The number of phenols is 1. The maximum absolute atomic E-state index is 16.4. The zero-order chi connectivity index (χ0) is 37.6. The Balaban J connectivity index is 1.04. The highest BCUT2D eigenvalue weighted by Crippen LogP contribution is 2.77. The lowest BCUT2D eigenvalue weighted by Crippen LogP contribution is -2.60. The number of hydrogen-bond donors (Lipinski definition) is 2. The molecule has 51 heavy (non-hydrogen) atoms. The van der Waals surface area contributed by atoms with E-state index in [0.717, 1.165) is 63.4 Å². The van der Waals surface area contributed by atoms with Crippen LogP contribution in [0.5, 0.6) is 5.75 Å². The molecule has 1 spiro atoms. The fourth-order valence-corrected chi connectivity index (χ4v) is 10.4. The largest absolute Gasteiger partial charge is 0.508 e. The van der Waals surface area contributed by atoms with Gasteiger partial charge in [0.2, 0.25) is 0 Å². The Bertz CT molecular complexity index is 1380. The molecular weight excluding hydrogens is 694 g/mol. The Morgan fingerprint density at radius 1 is 0.804 bits per heavy atom. The van der Waals surface area contributed by atoms with Gasteiger partial charge in [-0.05, 0) is 122 Å². The van der Waals surface area contributed by atoms with E-state index in [1.54, 1.807) is 12.1 Å². The quantitative estimate of drug-likeness (QED) is 0.123. The van der Waals surface area contributed by atoms with Crippen LogP contribution >= 0.6 is 0 Å². The van der Waals surface area contributed by atoms with Crippen LogP contribution in [0.4, 0.5) is 43.9 Å². The van der Waals surface area contributed by atoms with Crippen LogP contribution in [0.15, 0.2) is 18.2 Å². The maximum atomic E-state index is 16.4. The third kappa shape index (κ3) is 7.35. The molecule has 3 saturated carbocycles. The topological polar surface area (TPSA) is 57.5 Å². The molecule has 7 atom stereocenters. The molecule has 4 aliphatic carbocycles. The molecule has 3 fully saturated rings. The Hall–Kier alpha value is -2.21. The fraction of sp³-hybridized carbons (Fsp3) is 0.816. The molecule has 0 amide bonds. The highest BCUT2D eigenvalue weighted by molar-refractivity contribution is 5.69. The Morgan fingerprint density at radius 2 is 1.41 bits per heavy atom. The van der Waals surface area contributed by atoms with Gasteiger partial charge in [0.1, 0.15) is 11.9 Å². The van der Waals surface area contributed by atoms with Crippen molar-refractivity contribution < 1.29 is 58.9 Å². The Kier molecular flexibility index (Phi) is 11.4. The number of rotatable bonds is 17. The van der Waals surface area contributed by atoms with Crippen molar-refractivity contribution >= 4 is 5.97 Å². The number of unbranched alkanes of at least 4 members (excludes halogenated alkanes) is 6. The van der Waals surface area contributed by atoms with Gasteiger partial charge in [-0.25, -0.2) is 4.39 Å². The fourth-order valence-electron chi connectivity index (χ4n) is 10.4. The second-order valence-electron chi connectivity index (χ2n) is 16.3. The molecule has 0 saturated heterocycles. The first kappa shape index (κ1) is 40.0. The van der Waals surface area contributed by atoms with E-state index in [-0.39, 0.29) is 29.4 Å². The number of hydrogen-bond acceptors (Lipinski definition) is 2. The second-order valence-corrected chi connectivity index (χ2v) is 16.3. The lowest BCUT2D eigenvalue weighted by molar-refractivity contribution is -0.396. The van der Waals surface area contributed by atoms with E-state index < -0.39 is 61.3 Å². The standard InChI is InChI=1S/C38H50F10O3/c1-33-18-15-26-25-14-13-24(49)22-28(25)31(39)27(30(26)29(33)16-19-34(33)20-21-34)12-8-6-4-2-3-5-7-10-23(32(50)51)11-9-17-35(40,41)36(42,43)37(44,45)38(46,47)48/h13-14,22-23,26-27,29-31,49H,2-12,15-21H2,1H3,(H,50,51)/t23?,26?,27-,29?,30?,31+,33-/m0/s1. The van der Waals surface area contributed by atoms with Crippen LogP contribution in [0.25, 0.3) is 0 Å². The van der Waals surface area contributed by atoms with Crippen LogP contribution in [-0.4, -0.2) is 40.1 Å². The lowest BCUT2D eigenvalue weighted by Gasteiger charge is -2.55. The number of carboxylic acids is 1. The summed E-state index contributed by atoms with van der Waals surface area (Å²) >= 11 is 0. The molecule has 0 bridgehead atoms. The highest BCUT2D eigenvalue weighted by atomic mass is 19.4. The number of alkyl halides is 10. The highest BCUT2D eigenvalue weighted by Gasteiger charge is 2.81. The molecule has 0 aliphatic heterocycles. The van der Waals surface area contributed by atoms with Crippen molar-refractivity contribution in [3.8, 4) is 5.75 Å². The van der Waals surface area contributed by atoms with Gasteiger partial charge in [0.25, 0.3) is 0 Å². The molecule has 13 heteroatoms. The summed E-state index contributed by atoms with van der Waals surface area (Å²) in [6, 6.07) is 5.22. The summed E-state index contributed by atoms with van der Waals surface area (Å²) in [5.41, 5.74) is 2.40. The van der Waals surface area contributed by atoms with Crippen molar-refractivity contribution in [1.29, 1.82) is 0 Å². The number of aliphatic carboxylic acids is 1. The van der Waals surface area contributed by atoms with Crippen LogP contribution in [0, 0.1) is 34.5 Å². The maximum Gasteiger partial charge on any atom is 0.460 e. The molecule has 1 aromatic carbocycles. The van der Waals surface area contributed by atoms with Crippen molar-refractivity contribution in [3.05, 3.63) is 29.3 Å². The molecule has 5 rings (SSSR count). The van der Waals surface area contributed by atoms with Gasteiger partial charge in [-0.1, -0.05) is 57.9 Å². The molecule has 0 radical (unpaired) electrons. The van der Waals surface area contributed by atoms with Crippen molar-refractivity contribution in [2.75, 3.05) is 0 Å². The minimum absolute atomic E-state index is 0.0243.